The van der Waals surface area contributed by atoms with E-state index in [0.717, 1.165) is 18.2 Å². The van der Waals surface area contributed by atoms with E-state index < -0.39 is 23.7 Å². The Bertz CT molecular complexity index is 584. The van der Waals surface area contributed by atoms with Crippen LogP contribution in [0.3, 0.4) is 0 Å². The fourth-order valence-corrected chi connectivity index (χ4v) is 2.81. The molecular formula is C16H21F5IN3. The fourth-order valence-electron chi connectivity index (χ4n) is 2.81. The summed E-state index contributed by atoms with van der Waals surface area (Å²) in [5.41, 5.74) is 0.152. The summed E-state index contributed by atoms with van der Waals surface area (Å²) < 4.78 is 64.7. The van der Waals surface area contributed by atoms with Gasteiger partial charge in [-0.1, -0.05) is 0 Å². The standard InChI is InChI=1S/C16H20F5N3.HI/c1-22-15(23-9-10-8-12(17)4-7-14(10)18)24-13-5-2-11(3-6-13)16(19,20)21;/h4,7-8,11,13H,2-3,5-6,9H2,1H3,(H2,22,23,24);1H. The third-order valence-corrected chi connectivity index (χ3v) is 4.21. The minimum absolute atomic E-state index is 0. The zero-order valence-corrected chi connectivity index (χ0v) is 16.0. The van der Waals surface area contributed by atoms with Crippen molar-refractivity contribution in [3.05, 3.63) is 35.4 Å². The quantitative estimate of drug-likeness (QED) is 0.294. The molecule has 0 atom stereocenters. The van der Waals surface area contributed by atoms with Gasteiger partial charge in [-0.05, 0) is 43.9 Å². The second-order valence-corrected chi connectivity index (χ2v) is 5.90. The van der Waals surface area contributed by atoms with Gasteiger partial charge in [-0.25, -0.2) is 8.78 Å². The summed E-state index contributed by atoms with van der Waals surface area (Å²) in [6.07, 6.45) is -3.20. The Morgan fingerprint density at radius 1 is 1.16 bits per heavy atom. The van der Waals surface area contributed by atoms with Crippen LogP contribution in [0.15, 0.2) is 23.2 Å². The molecule has 1 saturated carbocycles. The Hall–Kier alpha value is -1.13. The molecule has 1 aliphatic carbocycles. The first-order chi connectivity index (χ1) is 11.3. The Labute approximate surface area is 160 Å². The number of hydrogen-bond donors (Lipinski definition) is 2. The van der Waals surface area contributed by atoms with Gasteiger partial charge in [0.05, 0.1) is 5.92 Å². The van der Waals surface area contributed by atoms with Gasteiger partial charge < -0.3 is 10.6 Å². The molecule has 1 fully saturated rings. The Balaban J connectivity index is 0.00000312. The summed E-state index contributed by atoms with van der Waals surface area (Å²) in [7, 11) is 1.51. The zero-order chi connectivity index (χ0) is 17.7. The minimum Gasteiger partial charge on any atom is -0.354 e. The fraction of sp³-hybridized carbons (Fsp3) is 0.562. The lowest BCUT2D eigenvalue weighted by Crippen LogP contribution is -2.45. The van der Waals surface area contributed by atoms with Gasteiger partial charge in [-0.3, -0.25) is 4.99 Å². The Morgan fingerprint density at radius 3 is 2.36 bits per heavy atom. The van der Waals surface area contributed by atoms with Crippen molar-refractivity contribution in [2.45, 2.75) is 44.4 Å². The van der Waals surface area contributed by atoms with Crippen LogP contribution in [0.4, 0.5) is 22.0 Å². The molecule has 142 valence electrons. The SMILES string of the molecule is CN=C(NCc1cc(F)ccc1F)NC1CCC(C(F)(F)F)CC1.I. The maximum absolute atomic E-state index is 13.6. The van der Waals surface area contributed by atoms with Crippen LogP contribution in [0.1, 0.15) is 31.2 Å². The van der Waals surface area contributed by atoms with E-state index in [-0.39, 0.29) is 55.0 Å². The first-order valence-corrected chi connectivity index (χ1v) is 7.77. The van der Waals surface area contributed by atoms with Crippen molar-refractivity contribution >= 4 is 29.9 Å². The van der Waals surface area contributed by atoms with Crippen LogP contribution in [0.2, 0.25) is 0 Å². The number of nitrogens with one attached hydrogen (secondary N) is 2. The van der Waals surface area contributed by atoms with Crippen LogP contribution < -0.4 is 10.6 Å². The molecule has 9 heteroatoms. The molecule has 0 heterocycles. The third-order valence-electron chi connectivity index (χ3n) is 4.21. The molecule has 0 aliphatic heterocycles. The first-order valence-electron chi connectivity index (χ1n) is 7.77. The lowest BCUT2D eigenvalue weighted by Gasteiger charge is -2.31. The highest BCUT2D eigenvalue weighted by Gasteiger charge is 2.41. The monoisotopic (exact) mass is 477 g/mol. The van der Waals surface area contributed by atoms with Crippen LogP contribution in [0.5, 0.6) is 0 Å². The van der Waals surface area contributed by atoms with E-state index in [2.05, 4.69) is 15.6 Å². The van der Waals surface area contributed by atoms with Crippen molar-refractivity contribution in [3.63, 3.8) is 0 Å². The summed E-state index contributed by atoms with van der Waals surface area (Å²) in [4.78, 5) is 3.97. The second-order valence-electron chi connectivity index (χ2n) is 5.90. The van der Waals surface area contributed by atoms with Crippen molar-refractivity contribution in [1.82, 2.24) is 10.6 Å². The molecule has 0 saturated heterocycles. The lowest BCUT2D eigenvalue weighted by molar-refractivity contribution is -0.182. The van der Waals surface area contributed by atoms with E-state index in [1.54, 1.807) is 0 Å². The number of guanidine groups is 1. The number of rotatable bonds is 3. The molecule has 25 heavy (non-hydrogen) atoms. The maximum atomic E-state index is 13.6. The number of aliphatic imine (C=N–C) groups is 1. The van der Waals surface area contributed by atoms with Gasteiger partial charge >= 0.3 is 6.18 Å². The minimum atomic E-state index is -4.14. The third kappa shape index (κ3) is 6.59. The summed E-state index contributed by atoms with van der Waals surface area (Å²) >= 11 is 0. The molecule has 1 aliphatic rings. The summed E-state index contributed by atoms with van der Waals surface area (Å²) in [5.74, 6) is -1.97. The highest BCUT2D eigenvalue weighted by Crippen LogP contribution is 2.37. The number of benzene rings is 1. The van der Waals surface area contributed by atoms with Crippen molar-refractivity contribution in [3.8, 4) is 0 Å². The topological polar surface area (TPSA) is 36.4 Å². The van der Waals surface area contributed by atoms with Crippen LogP contribution in [0, 0.1) is 17.6 Å². The largest absolute Gasteiger partial charge is 0.391 e. The molecule has 0 aromatic heterocycles. The van der Waals surface area contributed by atoms with E-state index in [1.807, 2.05) is 0 Å². The molecule has 1 aromatic rings. The van der Waals surface area contributed by atoms with E-state index >= 15 is 0 Å². The van der Waals surface area contributed by atoms with E-state index in [4.69, 9.17) is 0 Å². The Kier molecular flexibility index (Phi) is 8.36. The maximum Gasteiger partial charge on any atom is 0.391 e. The van der Waals surface area contributed by atoms with Crippen molar-refractivity contribution in [2.75, 3.05) is 7.05 Å². The van der Waals surface area contributed by atoms with Crippen LogP contribution >= 0.6 is 24.0 Å². The van der Waals surface area contributed by atoms with E-state index in [0.29, 0.717) is 18.8 Å². The summed E-state index contributed by atoms with van der Waals surface area (Å²) in [5, 5.41) is 5.89. The molecule has 0 bridgehead atoms. The van der Waals surface area contributed by atoms with Crippen LogP contribution in [-0.4, -0.2) is 25.2 Å². The average Bonchev–Trinajstić information content (AvgIpc) is 2.54. The molecule has 0 amide bonds. The smallest absolute Gasteiger partial charge is 0.354 e. The second kappa shape index (κ2) is 9.54. The molecule has 0 radical (unpaired) electrons. The van der Waals surface area contributed by atoms with Crippen molar-refractivity contribution in [2.24, 2.45) is 10.9 Å². The number of alkyl halides is 3. The van der Waals surface area contributed by atoms with Gasteiger partial charge in [-0.2, -0.15) is 13.2 Å². The van der Waals surface area contributed by atoms with E-state index in [9.17, 15) is 22.0 Å². The van der Waals surface area contributed by atoms with Crippen LogP contribution in [0.25, 0.3) is 0 Å². The van der Waals surface area contributed by atoms with Gasteiger partial charge in [0, 0.05) is 25.2 Å². The van der Waals surface area contributed by atoms with Crippen molar-refractivity contribution < 1.29 is 22.0 Å². The normalized spacial score (nSPS) is 21.4. The number of hydrogen-bond acceptors (Lipinski definition) is 1. The van der Waals surface area contributed by atoms with Crippen LogP contribution in [-0.2, 0) is 6.54 Å². The van der Waals surface area contributed by atoms with Crippen molar-refractivity contribution in [1.29, 1.82) is 0 Å². The molecular weight excluding hydrogens is 456 g/mol. The molecule has 0 unspecified atom stereocenters. The van der Waals surface area contributed by atoms with Gasteiger partial charge in [0.15, 0.2) is 5.96 Å². The number of nitrogens with zero attached hydrogens (tertiary/aromatic N) is 1. The zero-order valence-electron chi connectivity index (χ0n) is 13.7. The summed E-state index contributed by atoms with van der Waals surface area (Å²) in [6, 6.07) is 3.04. The molecule has 3 nitrogen and oxygen atoms in total. The van der Waals surface area contributed by atoms with Gasteiger partial charge in [-0.15, -0.1) is 24.0 Å². The first kappa shape index (κ1) is 21.9. The molecule has 2 N–H and O–H groups in total. The molecule has 2 rings (SSSR count). The Morgan fingerprint density at radius 2 is 1.80 bits per heavy atom. The highest BCUT2D eigenvalue weighted by molar-refractivity contribution is 14.0. The van der Waals surface area contributed by atoms with Gasteiger partial charge in [0.2, 0.25) is 0 Å². The van der Waals surface area contributed by atoms with E-state index in [1.165, 1.54) is 7.05 Å². The number of halogens is 6. The lowest BCUT2D eigenvalue weighted by atomic mass is 9.85. The van der Waals surface area contributed by atoms with Gasteiger partial charge in [0.1, 0.15) is 11.6 Å². The molecule has 0 spiro atoms. The summed E-state index contributed by atoms with van der Waals surface area (Å²) in [6.45, 7) is 0.0289. The predicted molar refractivity (Wildman–Crippen MR) is 96.9 cm³/mol. The predicted octanol–water partition coefficient (Wildman–Crippen LogP) is 4.37. The average molecular weight is 477 g/mol. The molecule has 1 aromatic carbocycles. The van der Waals surface area contributed by atoms with Gasteiger partial charge in [0.25, 0.3) is 0 Å². The highest BCUT2D eigenvalue weighted by atomic mass is 127.